The molecule has 1 aromatic carbocycles. The number of nitrogen functional groups attached to an aromatic ring is 1. The molecule has 3 N–H and O–H groups in total. The van der Waals surface area contributed by atoms with Gasteiger partial charge < -0.3 is 15.8 Å². The van der Waals surface area contributed by atoms with E-state index in [1.165, 1.54) is 6.92 Å². The molecule has 0 bridgehead atoms. The first-order chi connectivity index (χ1) is 8.65. The van der Waals surface area contributed by atoms with Crippen LogP contribution in [0, 0.1) is 0 Å². The van der Waals surface area contributed by atoms with E-state index in [4.69, 9.17) is 10.5 Å². The van der Waals surface area contributed by atoms with Crippen LogP contribution in [0.3, 0.4) is 0 Å². The highest BCUT2D eigenvalue weighted by Gasteiger charge is 2.04. The van der Waals surface area contributed by atoms with Crippen molar-refractivity contribution in [1.29, 1.82) is 0 Å². The maximum Gasteiger partial charge on any atom is 0.161 e. The summed E-state index contributed by atoms with van der Waals surface area (Å²) in [6.07, 6.45) is 2.25. The van der Waals surface area contributed by atoms with Gasteiger partial charge in [-0.3, -0.25) is 4.79 Å². The smallest absolute Gasteiger partial charge is 0.161 e. The maximum absolute atomic E-state index is 11.2. The van der Waals surface area contributed by atoms with Crippen LogP contribution in [0.15, 0.2) is 18.2 Å². The molecule has 0 atom stereocenters. The molecule has 0 aliphatic rings. The summed E-state index contributed by atoms with van der Waals surface area (Å²) < 4.78 is 5.44. The normalized spacial score (nSPS) is 10.3. The zero-order valence-electron chi connectivity index (χ0n) is 11.2. The number of ether oxygens (including phenoxy) is 1. The van der Waals surface area contributed by atoms with E-state index in [2.05, 4.69) is 12.2 Å². The summed E-state index contributed by atoms with van der Waals surface area (Å²) in [6.45, 7) is 5.88. The van der Waals surface area contributed by atoms with Crippen LogP contribution in [0.1, 0.15) is 37.0 Å². The Labute approximate surface area is 109 Å². The van der Waals surface area contributed by atoms with E-state index in [0.717, 1.165) is 31.7 Å². The minimum absolute atomic E-state index is 0.0121. The van der Waals surface area contributed by atoms with E-state index in [1.54, 1.807) is 12.1 Å². The molecule has 0 unspecified atom stereocenters. The number of rotatable bonds is 8. The predicted octanol–water partition coefficient (Wildman–Crippen LogP) is 2.70. The standard InChI is InChI=1S/C14H22N2O2/c1-3-4-8-18-9-7-16-12-5-6-13(11(2)17)14(15)10-12/h5-6,10,16H,3-4,7-9,15H2,1-2H3. The lowest BCUT2D eigenvalue weighted by atomic mass is 10.1. The molecule has 0 fully saturated rings. The molecule has 100 valence electrons. The van der Waals surface area contributed by atoms with Gasteiger partial charge in [-0.05, 0) is 31.5 Å². The van der Waals surface area contributed by atoms with Gasteiger partial charge in [0.25, 0.3) is 0 Å². The minimum atomic E-state index is -0.0121. The van der Waals surface area contributed by atoms with Crippen molar-refractivity contribution in [3.63, 3.8) is 0 Å². The second kappa shape index (κ2) is 7.71. The second-order valence-electron chi connectivity index (χ2n) is 4.25. The van der Waals surface area contributed by atoms with Gasteiger partial charge in [-0.25, -0.2) is 0 Å². The Balaban J connectivity index is 2.35. The number of nitrogens with one attached hydrogen (secondary N) is 1. The molecule has 0 heterocycles. The number of carbonyl (C=O) groups excluding carboxylic acids is 1. The molecule has 0 aromatic heterocycles. The molecule has 0 aliphatic heterocycles. The fourth-order valence-electron chi connectivity index (χ4n) is 1.61. The summed E-state index contributed by atoms with van der Waals surface area (Å²) >= 11 is 0. The van der Waals surface area contributed by atoms with Crippen molar-refractivity contribution >= 4 is 17.2 Å². The zero-order valence-corrected chi connectivity index (χ0v) is 11.2. The molecule has 0 saturated heterocycles. The molecule has 4 heteroatoms. The molecule has 0 saturated carbocycles. The number of hydrogen-bond acceptors (Lipinski definition) is 4. The van der Waals surface area contributed by atoms with E-state index in [9.17, 15) is 4.79 Å². The van der Waals surface area contributed by atoms with Crippen molar-refractivity contribution in [3.8, 4) is 0 Å². The minimum Gasteiger partial charge on any atom is -0.398 e. The Morgan fingerprint density at radius 3 is 2.78 bits per heavy atom. The van der Waals surface area contributed by atoms with Gasteiger partial charge in [0.15, 0.2) is 5.78 Å². The highest BCUT2D eigenvalue weighted by Crippen LogP contribution is 2.18. The van der Waals surface area contributed by atoms with Gasteiger partial charge >= 0.3 is 0 Å². The lowest BCUT2D eigenvalue weighted by Gasteiger charge is -2.09. The first kappa shape index (κ1) is 14.5. The third-order valence-electron chi connectivity index (χ3n) is 2.65. The molecule has 1 aromatic rings. The zero-order chi connectivity index (χ0) is 13.4. The molecule has 0 amide bonds. The molecule has 18 heavy (non-hydrogen) atoms. The first-order valence-electron chi connectivity index (χ1n) is 6.37. The van der Waals surface area contributed by atoms with E-state index in [1.807, 2.05) is 6.07 Å². The van der Waals surface area contributed by atoms with Gasteiger partial charge in [0.2, 0.25) is 0 Å². The van der Waals surface area contributed by atoms with Gasteiger partial charge in [0.05, 0.1) is 6.61 Å². The third-order valence-corrected chi connectivity index (χ3v) is 2.65. The fourth-order valence-corrected chi connectivity index (χ4v) is 1.61. The summed E-state index contributed by atoms with van der Waals surface area (Å²) in [5, 5.41) is 3.21. The Kier molecular flexibility index (Phi) is 6.22. The van der Waals surface area contributed by atoms with Crippen LogP contribution in [-0.2, 0) is 4.74 Å². The lowest BCUT2D eigenvalue weighted by Crippen LogP contribution is -2.10. The van der Waals surface area contributed by atoms with Crippen molar-refractivity contribution in [3.05, 3.63) is 23.8 Å². The fraction of sp³-hybridized carbons (Fsp3) is 0.500. The van der Waals surface area contributed by atoms with Gasteiger partial charge in [0, 0.05) is 30.1 Å². The van der Waals surface area contributed by atoms with Crippen LogP contribution in [-0.4, -0.2) is 25.5 Å². The Morgan fingerprint density at radius 2 is 2.17 bits per heavy atom. The molecular formula is C14H22N2O2. The molecule has 0 spiro atoms. The number of unbranched alkanes of at least 4 members (excludes halogenated alkanes) is 1. The van der Waals surface area contributed by atoms with Crippen molar-refractivity contribution in [2.45, 2.75) is 26.7 Å². The topological polar surface area (TPSA) is 64.3 Å². The lowest BCUT2D eigenvalue weighted by molar-refractivity contribution is 0.101. The van der Waals surface area contributed by atoms with Crippen LogP contribution < -0.4 is 11.1 Å². The Morgan fingerprint density at radius 1 is 1.39 bits per heavy atom. The average molecular weight is 250 g/mol. The number of carbonyl (C=O) groups is 1. The highest BCUT2D eigenvalue weighted by molar-refractivity contribution is 5.99. The summed E-state index contributed by atoms with van der Waals surface area (Å²) in [7, 11) is 0. The SMILES string of the molecule is CCCCOCCNc1ccc(C(C)=O)c(N)c1. The Hall–Kier alpha value is -1.55. The van der Waals surface area contributed by atoms with Gasteiger partial charge in [-0.2, -0.15) is 0 Å². The van der Waals surface area contributed by atoms with Gasteiger partial charge in [0.1, 0.15) is 0 Å². The second-order valence-corrected chi connectivity index (χ2v) is 4.25. The van der Waals surface area contributed by atoms with Crippen LogP contribution in [0.2, 0.25) is 0 Å². The predicted molar refractivity (Wildman–Crippen MR) is 75.1 cm³/mol. The molecular weight excluding hydrogens is 228 g/mol. The largest absolute Gasteiger partial charge is 0.398 e. The quantitative estimate of drug-likeness (QED) is 0.423. The number of anilines is 2. The average Bonchev–Trinajstić information content (AvgIpc) is 2.33. The number of ketones is 1. The number of benzene rings is 1. The summed E-state index contributed by atoms with van der Waals surface area (Å²) in [5.74, 6) is -0.0121. The molecule has 0 aliphatic carbocycles. The van der Waals surface area contributed by atoms with E-state index in [-0.39, 0.29) is 5.78 Å². The first-order valence-corrected chi connectivity index (χ1v) is 6.37. The summed E-state index contributed by atoms with van der Waals surface area (Å²) in [5.41, 5.74) is 7.80. The van der Waals surface area contributed by atoms with Gasteiger partial charge in [-0.15, -0.1) is 0 Å². The molecule has 4 nitrogen and oxygen atoms in total. The van der Waals surface area contributed by atoms with E-state index >= 15 is 0 Å². The number of nitrogens with two attached hydrogens (primary N) is 1. The van der Waals surface area contributed by atoms with Crippen molar-refractivity contribution in [2.24, 2.45) is 0 Å². The van der Waals surface area contributed by atoms with Gasteiger partial charge in [-0.1, -0.05) is 13.3 Å². The van der Waals surface area contributed by atoms with Crippen molar-refractivity contribution < 1.29 is 9.53 Å². The van der Waals surface area contributed by atoms with Crippen LogP contribution >= 0.6 is 0 Å². The van der Waals surface area contributed by atoms with Crippen molar-refractivity contribution in [2.75, 3.05) is 30.8 Å². The maximum atomic E-state index is 11.2. The molecule has 1 rings (SSSR count). The van der Waals surface area contributed by atoms with E-state index < -0.39 is 0 Å². The molecule has 0 radical (unpaired) electrons. The number of Topliss-reactive ketones (excluding diaryl/α,β-unsaturated/α-hetero) is 1. The highest BCUT2D eigenvalue weighted by atomic mass is 16.5. The third kappa shape index (κ3) is 4.75. The summed E-state index contributed by atoms with van der Waals surface area (Å²) in [4.78, 5) is 11.2. The monoisotopic (exact) mass is 250 g/mol. The van der Waals surface area contributed by atoms with Crippen LogP contribution in [0.25, 0.3) is 0 Å². The van der Waals surface area contributed by atoms with Crippen LogP contribution in [0.4, 0.5) is 11.4 Å². The van der Waals surface area contributed by atoms with Crippen LogP contribution in [0.5, 0.6) is 0 Å². The summed E-state index contributed by atoms with van der Waals surface area (Å²) in [6, 6.07) is 5.39. The number of hydrogen-bond donors (Lipinski definition) is 2. The Bertz CT molecular complexity index is 391. The van der Waals surface area contributed by atoms with E-state index in [0.29, 0.717) is 17.9 Å². The van der Waals surface area contributed by atoms with Crippen molar-refractivity contribution in [1.82, 2.24) is 0 Å².